The van der Waals surface area contributed by atoms with Gasteiger partial charge in [-0.3, -0.25) is 4.68 Å². The average Bonchev–Trinajstić information content (AvgIpc) is 2.84. The third-order valence-corrected chi connectivity index (χ3v) is 3.63. The van der Waals surface area contributed by atoms with Crippen molar-refractivity contribution < 1.29 is 4.74 Å². The van der Waals surface area contributed by atoms with Crippen LogP contribution in [0.25, 0.3) is 0 Å². The molecule has 110 valence electrons. The zero-order valence-corrected chi connectivity index (χ0v) is 13.1. The highest BCUT2D eigenvalue weighted by atomic mass is 16.5. The lowest BCUT2D eigenvalue weighted by Crippen LogP contribution is -2.43. The van der Waals surface area contributed by atoms with Gasteiger partial charge in [0.25, 0.3) is 0 Å². The van der Waals surface area contributed by atoms with Crippen molar-refractivity contribution in [2.45, 2.75) is 65.6 Å². The second kappa shape index (κ2) is 7.65. The fourth-order valence-electron chi connectivity index (χ4n) is 2.49. The van der Waals surface area contributed by atoms with Gasteiger partial charge in [0, 0.05) is 24.9 Å². The van der Waals surface area contributed by atoms with Gasteiger partial charge >= 0.3 is 0 Å². The van der Waals surface area contributed by atoms with Crippen molar-refractivity contribution in [3.8, 4) is 0 Å². The van der Waals surface area contributed by atoms with E-state index in [4.69, 9.17) is 4.74 Å². The molecule has 4 heteroatoms. The Morgan fingerprint density at radius 3 is 2.63 bits per heavy atom. The Morgan fingerprint density at radius 1 is 1.37 bits per heavy atom. The first kappa shape index (κ1) is 16.2. The molecule has 1 aromatic heterocycles. The Morgan fingerprint density at radius 2 is 2.11 bits per heavy atom. The molecule has 0 aromatic carbocycles. The molecule has 0 aliphatic carbocycles. The number of likely N-dealkylation sites (N-methyl/N-ethyl adjacent to an activating group) is 1. The smallest absolute Gasteiger partial charge is 0.0846 e. The van der Waals surface area contributed by atoms with E-state index in [1.165, 1.54) is 5.56 Å². The van der Waals surface area contributed by atoms with E-state index in [-0.39, 0.29) is 11.6 Å². The predicted molar refractivity (Wildman–Crippen MR) is 79.3 cm³/mol. The molecule has 2 unspecified atom stereocenters. The van der Waals surface area contributed by atoms with Gasteiger partial charge in [0.1, 0.15) is 0 Å². The number of nitrogens with zero attached hydrogens (tertiary/aromatic N) is 2. The Hall–Kier alpha value is -0.870. The van der Waals surface area contributed by atoms with Crippen LogP contribution in [0, 0.1) is 0 Å². The quantitative estimate of drug-likeness (QED) is 0.747. The molecule has 0 spiro atoms. The summed E-state index contributed by atoms with van der Waals surface area (Å²) in [6, 6.07) is 0.188. The molecule has 0 aliphatic heterocycles. The third kappa shape index (κ3) is 4.05. The molecular formula is C15H29N3O. The molecule has 4 nitrogen and oxygen atoms in total. The van der Waals surface area contributed by atoms with Crippen LogP contribution < -0.4 is 5.32 Å². The molecule has 0 radical (unpaired) electrons. The molecule has 1 heterocycles. The fraction of sp³-hybridized carbons (Fsp3) is 0.800. The van der Waals surface area contributed by atoms with Crippen molar-refractivity contribution in [3.63, 3.8) is 0 Å². The maximum atomic E-state index is 6.02. The Balaban J connectivity index is 2.96. The SMILES string of the molecule is CCCn1cc(C(NCC)C(C)(CC)OCC)cn1. The van der Waals surface area contributed by atoms with Crippen molar-refractivity contribution in [1.82, 2.24) is 15.1 Å². The Kier molecular flexibility index (Phi) is 6.52. The number of aromatic nitrogens is 2. The number of hydrogen-bond acceptors (Lipinski definition) is 3. The molecule has 1 rings (SSSR count). The number of nitrogens with one attached hydrogen (secondary N) is 1. The van der Waals surface area contributed by atoms with Gasteiger partial charge in [0.15, 0.2) is 0 Å². The molecule has 2 atom stereocenters. The van der Waals surface area contributed by atoms with Gasteiger partial charge in [-0.15, -0.1) is 0 Å². The third-order valence-electron chi connectivity index (χ3n) is 3.63. The lowest BCUT2D eigenvalue weighted by atomic mass is 9.89. The van der Waals surface area contributed by atoms with E-state index in [0.29, 0.717) is 0 Å². The maximum Gasteiger partial charge on any atom is 0.0846 e. The Labute approximate surface area is 117 Å². The first-order valence-corrected chi connectivity index (χ1v) is 7.50. The van der Waals surface area contributed by atoms with Crippen LogP contribution in [0.5, 0.6) is 0 Å². The number of ether oxygens (including phenoxy) is 1. The Bertz CT molecular complexity index is 364. The van der Waals surface area contributed by atoms with Crippen molar-refractivity contribution in [3.05, 3.63) is 18.0 Å². The topological polar surface area (TPSA) is 39.1 Å². The van der Waals surface area contributed by atoms with Crippen LogP contribution in [-0.4, -0.2) is 28.5 Å². The van der Waals surface area contributed by atoms with Gasteiger partial charge in [-0.1, -0.05) is 20.8 Å². The number of rotatable bonds is 9. The lowest BCUT2D eigenvalue weighted by molar-refractivity contribution is -0.0560. The summed E-state index contributed by atoms with van der Waals surface area (Å²) in [5.74, 6) is 0. The first-order valence-electron chi connectivity index (χ1n) is 7.50. The summed E-state index contributed by atoms with van der Waals surface area (Å²) in [4.78, 5) is 0. The van der Waals surface area contributed by atoms with Gasteiger partial charge in [-0.25, -0.2) is 0 Å². The second-order valence-electron chi connectivity index (χ2n) is 5.13. The van der Waals surface area contributed by atoms with E-state index in [2.05, 4.69) is 51.2 Å². The number of aryl methyl sites for hydroxylation is 1. The van der Waals surface area contributed by atoms with Crippen molar-refractivity contribution in [2.24, 2.45) is 0 Å². The summed E-state index contributed by atoms with van der Waals surface area (Å²) < 4.78 is 8.03. The molecule has 0 aliphatic rings. The molecule has 1 aromatic rings. The zero-order chi connectivity index (χ0) is 14.3. The standard InChI is InChI=1S/C15H29N3O/c1-6-10-18-12-13(11-17-18)14(16-8-3)15(5,7-2)19-9-4/h11-12,14,16H,6-10H2,1-5H3. The van der Waals surface area contributed by atoms with E-state index in [1.807, 2.05) is 10.9 Å². The number of hydrogen-bond donors (Lipinski definition) is 1. The van der Waals surface area contributed by atoms with Crippen LogP contribution >= 0.6 is 0 Å². The van der Waals surface area contributed by atoms with Crippen LogP contribution in [0.1, 0.15) is 59.1 Å². The highest BCUT2D eigenvalue weighted by Gasteiger charge is 2.34. The molecular weight excluding hydrogens is 238 g/mol. The second-order valence-corrected chi connectivity index (χ2v) is 5.13. The zero-order valence-electron chi connectivity index (χ0n) is 13.1. The van der Waals surface area contributed by atoms with Crippen LogP contribution in [0.4, 0.5) is 0 Å². The summed E-state index contributed by atoms with van der Waals surface area (Å²) in [6.45, 7) is 13.3. The van der Waals surface area contributed by atoms with E-state index in [9.17, 15) is 0 Å². The normalized spacial score (nSPS) is 16.3. The monoisotopic (exact) mass is 267 g/mol. The maximum absolute atomic E-state index is 6.02. The minimum absolute atomic E-state index is 0.188. The molecule has 0 amide bonds. The minimum atomic E-state index is -0.190. The van der Waals surface area contributed by atoms with Gasteiger partial charge in [0.05, 0.1) is 17.8 Å². The minimum Gasteiger partial charge on any atom is -0.374 e. The summed E-state index contributed by atoms with van der Waals surface area (Å²) >= 11 is 0. The average molecular weight is 267 g/mol. The highest BCUT2D eigenvalue weighted by Crippen LogP contribution is 2.32. The van der Waals surface area contributed by atoms with Crippen molar-refractivity contribution in [1.29, 1.82) is 0 Å². The van der Waals surface area contributed by atoms with Gasteiger partial charge in [-0.2, -0.15) is 5.10 Å². The molecule has 0 bridgehead atoms. The predicted octanol–water partition coefficient (Wildman–Crippen LogP) is 3.15. The molecule has 1 N–H and O–H groups in total. The summed E-state index contributed by atoms with van der Waals surface area (Å²) in [7, 11) is 0. The lowest BCUT2D eigenvalue weighted by Gasteiger charge is -2.36. The van der Waals surface area contributed by atoms with Crippen LogP contribution in [0.15, 0.2) is 12.4 Å². The fourth-order valence-corrected chi connectivity index (χ4v) is 2.49. The van der Waals surface area contributed by atoms with Gasteiger partial charge in [-0.05, 0) is 33.2 Å². The molecule has 0 fully saturated rings. The molecule has 0 saturated carbocycles. The largest absolute Gasteiger partial charge is 0.374 e. The summed E-state index contributed by atoms with van der Waals surface area (Å²) in [6.07, 6.45) is 6.18. The van der Waals surface area contributed by atoms with Crippen LogP contribution in [-0.2, 0) is 11.3 Å². The van der Waals surface area contributed by atoms with E-state index >= 15 is 0 Å². The van der Waals surface area contributed by atoms with Gasteiger partial charge in [0.2, 0.25) is 0 Å². The summed E-state index contributed by atoms with van der Waals surface area (Å²) in [5.41, 5.74) is 1.03. The summed E-state index contributed by atoms with van der Waals surface area (Å²) in [5, 5.41) is 7.99. The van der Waals surface area contributed by atoms with E-state index in [0.717, 1.165) is 32.5 Å². The van der Waals surface area contributed by atoms with Crippen LogP contribution in [0.2, 0.25) is 0 Å². The molecule has 0 saturated heterocycles. The molecule has 19 heavy (non-hydrogen) atoms. The first-order chi connectivity index (χ1) is 9.11. The van der Waals surface area contributed by atoms with Crippen LogP contribution in [0.3, 0.4) is 0 Å². The van der Waals surface area contributed by atoms with Gasteiger partial charge < -0.3 is 10.1 Å². The van der Waals surface area contributed by atoms with E-state index < -0.39 is 0 Å². The van der Waals surface area contributed by atoms with Crippen molar-refractivity contribution in [2.75, 3.05) is 13.2 Å². The van der Waals surface area contributed by atoms with E-state index in [1.54, 1.807) is 0 Å². The van der Waals surface area contributed by atoms with Crippen molar-refractivity contribution >= 4 is 0 Å². The highest BCUT2D eigenvalue weighted by molar-refractivity contribution is 5.15.